The summed E-state index contributed by atoms with van der Waals surface area (Å²) in [6.45, 7) is 8.85. The van der Waals surface area contributed by atoms with Gasteiger partial charge in [0.05, 0.1) is 5.56 Å². The Hall–Kier alpha value is -2.04. The number of carbonyl (C=O) groups is 2. The molecule has 0 aliphatic carbocycles. The maximum atomic E-state index is 12.1. The number of aryl methyl sites for hydroxylation is 1. The van der Waals surface area contributed by atoms with Crippen LogP contribution in [-0.4, -0.2) is 40.8 Å². The van der Waals surface area contributed by atoms with Crippen LogP contribution in [0.1, 0.15) is 61.0 Å². The average molecular weight is 319 g/mol. The molecule has 1 aromatic rings. The Morgan fingerprint density at radius 2 is 1.83 bits per heavy atom. The normalized spacial score (nSPS) is 16.3. The van der Waals surface area contributed by atoms with Gasteiger partial charge in [-0.1, -0.05) is 6.07 Å². The van der Waals surface area contributed by atoms with E-state index in [-0.39, 0.29) is 12.0 Å². The zero-order valence-corrected chi connectivity index (χ0v) is 14.3. The Kier molecular flexibility index (Phi) is 4.97. The van der Waals surface area contributed by atoms with Gasteiger partial charge in [0.2, 0.25) is 0 Å². The topological polar surface area (TPSA) is 66.8 Å². The molecule has 1 saturated heterocycles. The zero-order valence-electron chi connectivity index (χ0n) is 14.3. The first-order valence-corrected chi connectivity index (χ1v) is 7.99. The van der Waals surface area contributed by atoms with Gasteiger partial charge in [-0.05, 0) is 69.7 Å². The second kappa shape index (κ2) is 6.60. The van der Waals surface area contributed by atoms with Gasteiger partial charge in [0.15, 0.2) is 0 Å². The van der Waals surface area contributed by atoms with Crippen LogP contribution in [0, 0.1) is 6.92 Å². The summed E-state index contributed by atoms with van der Waals surface area (Å²) < 4.78 is 5.40. The van der Waals surface area contributed by atoms with Crippen molar-refractivity contribution in [2.75, 3.05) is 13.1 Å². The van der Waals surface area contributed by atoms with Crippen LogP contribution in [0.5, 0.6) is 0 Å². The summed E-state index contributed by atoms with van der Waals surface area (Å²) in [4.78, 5) is 25.0. The maximum absolute atomic E-state index is 12.1. The van der Waals surface area contributed by atoms with Crippen molar-refractivity contribution < 1.29 is 19.4 Å². The van der Waals surface area contributed by atoms with Crippen molar-refractivity contribution in [1.82, 2.24) is 4.90 Å². The Morgan fingerprint density at radius 3 is 2.35 bits per heavy atom. The lowest BCUT2D eigenvalue weighted by Crippen LogP contribution is -2.41. The monoisotopic (exact) mass is 319 g/mol. The third-order valence-corrected chi connectivity index (χ3v) is 4.11. The zero-order chi connectivity index (χ0) is 17.2. The number of nitrogens with zero attached hydrogens (tertiary/aromatic N) is 1. The molecule has 0 atom stereocenters. The summed E-state index contributed by atoms with van der Waals surface area (Å²) in [7, 11) is 0. The third kappa shape index (κ3) is 4.47. The number of amides is 1. The molecule has 0 bridgehead atoms. The fraction of sp³-hybridized carbons (Fsp3) is 0.556. The fourth-order valence-electron chi connectivity index (χ4n) is 2.91. The highest BCUT2D eigenvalue weighted by Gasteiger charge is 2.28. The van der Waals surface area contributed by atoms with E-state index in [1.807, 2.05) is 33.8 Å². The molecular formula is C18H25NO4. The van der Waals surface area contributed by atoms with Gasteiger partial charge in [-0.2, -0.15) is 0 Å². The van der Waals surface area contributed by atoms with Crippen molar-refractivity contribution in [3.8, 4) is 0 Å². The highest BCUT2D eigenvalue weighted by atomic mass is 16.6. The minimum atomic E-state index is -0.905. The van der Waals surface area contributed by atoms with Gasteiger partial charge in [-0.3, -0.25) is 0 Å². The van der Waals surface area contributed by atoms with Crippen LogP contribution >= 0.6 is 0 Å². The quantitative estimate of drug-likeness (QED) is 0.900. The molecule has 0 radical (unpaired) electrons. The Morgan fingerprint density at radius 1 is 1.22 bits per heavy atom. The minimum absolute atomic E-state index is 0.271. The molecular weight excluding hydrogens is 294 g/mol. The molecule has 0 aromatic heterocycles. The second-order valence-electron chi connectivity index (χ2n) is 7.12. The molecule has 5 heteroatoms. The summed E-state index contributed by atoms with van der Waals surface area (Å²) in [5, 5.41) is 9.15. The van der Waals surface area contributed by atoms with Crippen molar-refractivity contribution in [1.29, 1.82) is 0 Å². The van der Waals surface area contributed by atoms with Crippen molar-refractivity contribution in [2.24, 2.45) is 0 Å². The third-order valence-electron chi connectivity index (χ3n) is 4.11. The average Bonchev–Trinajstić information content (AvgIpc) is 2.46. The molecule has 23 heavy (non-hydrogen) atoms. The first-order chi connectivity index (χ1) is 10.7. The van der Waals surface area contributed by atoms with Crippen LogP contribution in [0.4, 0.5) is 4.79 Å². The molecule has 0 saturated carbocycles. The first-order valence-electron chi connectivity index (χ1n) is 7.99. The molecule has 1 aliphatic rings. The molecule has 2 rings (SSSR count). The number of carbonyl (C=O) groups excluding carboxylic acids is 1. The molecule has 1 amide bonds. The lowest BCUT2D eigenvalue weighted by Gasteiger charge is -2.34. The van der Waals surface area contributed by atoms with Crippen LogP contribution in [0.25, 0.3) is 0 Å². The smallest absolute Gasteiger partial charge is 0.410 e. The molecule has 1 fully saturated rings. The van der Waals surface area contributed by atoms with Gasteiger partial charge < -0.3 is 14.7 Å². The lowest BCUT2D eigenvalue weighted by atomic mass is 9.86. The first kappa shape index (κ1) is 17.3. The molecule has 1 heterocycles. The summed E-state index contributed by atoms with van der Waals surface area (Å²) >= 11 is 0. The van der Waals surface area contributed by atoms with E-state index < -0.39 is 11.6 Å². The van der Waals surface area contributed by atoms with E-state index in [4.69, 9.17) is 9.84 Å². The van der Waals surface area contributed by atoms with Gasteiger partial charge in [-0.25, -0.2) is 9.59 Å². The number of likely N-dealkylation sites (tertiary alicyclic amines) is 1. The molecule has 1 aromatic carbocycles. The van der Waals surface area contributed by atoms with Crippen molar-refractivity contribution in [3.63, 3.8) is 0 Å². The van der Waals surface area contributed by atoms with Crippen molar-refractivity contribution >= 4 is 12.1 Å². The Balaban J connectivity index is 2.03. The highest BCUT2D eigenvalue weighted by molar-refractivity contribution is 5.88. The number of aromatic carboxylic acids is 1. The van der Waals surface area contributed by atoms with Gasteiger partial charge in [0.25, 0.3) is 0 Å². The fourth-order valence-corrected chi connectivity index (χ4v) is 2.91. The van der Waals surface area contributed by atoms with Gasteiger partial charge in [-0.15, -0.1) is 0 Å². The van der Waals surface area contributed by atoms with E-state index in [9.17, 15) is 9.59 Å². The maximum Gasteiger partial charge on any atom is 0.410 e. The minimum Gasteiger partial charge on any atom is -0.478 e. The Bertz CT molecular complexity index is 596. The van der Waals surface area contributed by atoms with E-state index in [0.717, 1.165) is 24.0 Å². The van der Waals surface area contributed by atoms with E-state index in [0.29, 0.717) is 18.7 Å². The van der Waals surface area contributed by atoms with Gasteiger partial charge >= 0.3 is 12.1 Å². The van der Waals surface area contributed by atoms with Crippen LogP contribution in [-0.2, 0) is 4.74 Å². The number of hydrogen-bond acceptors (Lipinski definition) is 3. The van der Waals surface area contributed by atoms with Gasteiger partial charge in [0, 0.05) is 13.1 Å². The van der Waals surface area contributed by atoms with Crippen molar-refractivity contribution in [3.05, 3.63) is 34.9 Å². The molecule has 126 valence electrons. The largest absolute Gasteiger partial charge is 0.478 e. The lowest BCUT2D eigenvalue weighted by molar-refractivity contribution is 0.0204. The SMILES string of the molecule is Cc1ccc(C(=O)O)cc1C1CCN(C(=O)OC(C)(C)C)CC1. The summed E-state index contributed by atoms with van der Waals surface area (Å²) in [6, 6.07) is 5.27. The summed E-state index contributed by atoms with van der Waals surface area (Å²) in [5.74, 6) is -0.620. The second-order valence-corrected chi connectivity index (χ2v) is 7.12. The van der Waals surface area contributed by atoms with E-state index >= 15 is 0 Å². The molecule has 1 aliphatic heterocycles. The Labute approximate surface area is 137 Å². The molecule has 0 spiro atoms. The standard InChI is InChI=1S/C18H25NO4/c1-12-5-6-14(16(20)21)11-15(12)13-7-9-19(10-8-13)17(22)23-18(2,3)4/h5-6,11,13H,7-10H2,1-4H3,(H,20,21). The number of hydrogen-bond donors (Lipinski definition) is 1. The van der Waals surface area contributed by atoms with E-state index in [1.54, 1.807) is 17.0 Å². The predicted octanol–water partition coefficient (Wildman–Crippen LogP) is 3.81. The van der Waals surface area contributed by atoms with Crippen molar-refractivity contribution in [2.45, 2.75) is 52.1 Å². The van der Waals surface area contributed by atoms with Crippen LogP contribution < -0.4 is 0 Å². The number of benzene rings is 1. The predicted molar refractivity (Wildman–Crippen MR) is 87.9 cm³/mol. The number of piperidine rings is 1. The van der Waals surface area contributed by atoms with E-state index in [2.05, 4.69) is 0 Å². The van der Waals surface area contributed by atoms with E-state index in [1.165, 1.54) is 0 Å². The number of carboxylic acids is 1. The summed E-state index contributed by atoms with van der Waals surface area (Å²) in [5.41, 5.74) is 2.01. The summed E-state index contributed by atoms with van der Waals surface area (Å²) in [6.07, 6.45) is 1.37. The number of ether oxygens (including phenoxy) is 1. The molecule has 1 N–H and O–H groups in total. The number of carboxylic acid groups (broad SMARTS) is 1. The number of rotatable bonds is 2. The van der Waals surface area contributed by atoms with Crippen LogP contribution in [0.15, 0.2) is 18.2 Å². The van der Waals surface area contributed by atoms with Crippen LogP contribution in [0.2, 0.25) is 0 Å². The van der Waals surface area contributed by atoms with Gasteiger partial charge in [0.1, 0.15) is 5.60 Å². The molecule has 0 unspecified atom stereocenters. The van der Waals surface area contributed by atoms with Crippen LogP contribution in [0.3, 0.4) is 0 Å². The highest BCUT2D eigenvalue weighted by Crippen LogP contribution is 2.31. The molecule has 5 nitrogen and oxygen atoms in total.